The van der Waals surface area contributed by atoms with Gasteiger partial charge < -0.3 is 19.5 Å². The number of carbonyl (C=O) groups is 1. The van der Waals surface area contributed by atoms with Crippen LogP contribution in [0.1, 0.15) is 11.1 Å². The van der Waals surface area contributed by atoms with E-state index in [1.165, 1.54) is 6.08 Å². The van der Waals surface area contributed by atoms with Crippen molar-refractivity contribution in [2.24, 2.45) is 0 Å². The molecule has 7 heteroatoms. The highest BCUT2D eigenvalue weighted by atomic mass is 16.7. The molecule has 7 nitrogen and oxygen atoms in total. The van der Waals surface area contributed by atoms with Crippen LogP contribution in [-0.4, -0.2) is 22.7 Å². The summed E-state index contributed by atoms with van der Waals surface area (Å²) in [6, 6.07) is 12.8. The van der Waals surface area contributed by atoms with Crippen LogP contribution in [-0.2, 0) is 4.79 Å². The molecule has 0 bridgehead atoms. The van der Waals surface area contributed by atoms with E-state index in [0.29, 0.717) is 22.9 Å². The number of nitrogens with zero attached hydrogens (tertiary/aromatic N) is 2. The minimum atomic E-state index is -0.235. The molecule has 0 atom stereocenters. The standard InChI is InChI=1S/C21H17N3O4/c1-14-11-16(28-21-22-9-2-10-23-21)5-6-17(14)24-20(25)8-4-15-3-7-18-19(12-15)27-13-26-18/h2-12H,13H2,1H3,(H,24,25)/b8-4+. The molecule has 1 aliphatic rings. The van der Waals surface area contributed by atoms with Gasteiger partial charge in [0.1, 0.15) is 5.75 Å². The number of amides is 1. The number of hydrogen-bond donors (Lipinski definition) is 1. The van der Waals surface area contributed by atoms with Crippen LogP contribution in [0.3, 0.4) is 0 Å². The van der Waals surface area contributed by atoms with E-state index < -0.39 is 0 Å². The predicted molar refractivity (Wildman–Crippen MR) is 104 cm³/mol. The topological polar surface area (TPSA) is 82.6 Å². The summed E-state index contributed by atoms with van der Waals surface area (Å²) in [5, 5.41) is 2.86. The second-order valence-corrected chi connectivity index (χ2v) is 6.05. The summed E-state index contributed by atoms with van der Waals surface area (Å²) in [5.74, 6) is 1.75. The second kappa shape index (κ2) is 7.79. The minimum Gasteiger partial charge on any atom is -0.454 e. The Hall–Kier alpha value is -3.87. The number of hydrogen-bond acceptors (Lipinski definition) is 6. The molecule has 1 aliphatic heterocycles. The first-order valence-corrected chi connectivity index (χ1v) is 8.62. The molecule has 28 heavy (non-hydrogen) atoms. The third-order valence-electron chi connectivity index (χ3n) is 4.03. The number of benzene rings is 2. The molecular formula is C21H17N3O4. The fourth-order valence-electron chi connectivity index (χ4n) is 2.65. The highest BCUT2D eigenvalue weighted by Crippen LogP contribution is 2.32. The lowest BCUT2D eigenvalue weighted by atomic mass is 10.1. The van der Waals surface area contributed by atoms with Gasteiger partial charge in [-0.25, -0.2) is 9.97 Å². The van der Waals surface area contributed by atoms with Crippen LogP contribution in [0.4, 0.5) is 5.69 Å². The summed E-state index contributed by atoms with van der Waals surface area (Å²) in [7, 11) is 0. The number of aromatic nitrogens is 2. The zero-order chi connectivity index (χ0) is 19.3. The van der Waals surface area contributed by atoms with Gasteiger partial charge in [0.2, 0.25) is 12.7 Å². The summed E-state index contributed by atoms with van der Waals surface area (Å²) in [4.78, 5) is 20.3. The van der Waals surface area contributed by atoms with E-state index in [4.69, 9.17) is 14.2 Å². The molecule has 4 rings (SSSR count). The van der Waals surface area contributed by atoms with Crippen molar-refractivity contribution >= 4 is 17.7 Å². The van der Waals surface area contributed by atoms with E-state index in [1.807, 2.05) is 31.2 Å². The van der Waals surface area contributed by atoms with Crippen LogP contribution in [0.5, 0.6) is 23.3 Å². The zero-order valence-electron chi connectivity index (χ0n) is 15.1. The maximum absolute atomic E-state index is 12.2. The first-order chi connectivity index (χ1) is 13.7. The predicted octanol–water partition coefficient (Wildman–Crippen LogP) is 3.96. The number of rotatable bonds is 5. The fourth-order valence-corrected chi connectivity index (χ4v) is 2.65. The molecule has 0 aliphatic carbocycles. The Morgan fingerprint density at radius 1 is 1.11 bits per heavy atom. The van der Waals surface area contributed by atoms with E-state index >= 15 is 0 Å². The molecule has 0 unspecified atom stereocenters. The van der Waals surface area contributed by atoms with E-state index in [-0.39, 0.29) is 18.7 Å². The molecule has 1 amide bonds. The van der Waals surface area contributed by atoms with Gasteiger partial charge in [-0.3, -0.25) is 4.79 Å². The minimum absolute atomic E-state index is 0.221. The van der Waals surface area contributed by atoms with Crippen molar-refractivity contribution in [3.05, 3.63) is 72.1 Å². The molecular weight excluding hydrogens is 358 g/mol. The van der Waals surface area contributed by atoms with Gasteiger partial charge in [-0.15, -0.1) is 0 Å². The largest absolute Gasteiger partial charge is 0.454 e. The van der Waals surface area contributed by atoms with Gasteiger partial charge in [-0.2, -0.15) is 0 Å². The van der Waals surface area contributed by atoms with Gasteiger partial charge >= 0.3 is 6.01 Å². The summed E-state index contributed by atoms with van der Waals surface area (Å²) in [5.41, 5.74) is 2.41. The van der Waals surface area contributed by atoms with Gasteiger partial charge in [0, 0.05) is 24.2 Å². The normalized spacial score (nSPS) is 12.2. The van der Waals surface area contributed by atoms with Gasteiger partial charge in [0.25, 0.3) is 0 Å². The van der Waals surface area contributed by atoms with E-state index in [2.05, 4.69) is 15.3 Å². The Balaban J connectivity index is 1.40. The number of nitrogens with one attached hydrogen (secondary N) is 1. The maximum atomic E-state index is 12.2. The molecule has 1 N–H and O–H groups in total. The fraction of sp³-hybridized carbons (Fsp3) is 0.0952. The number of carbonyl (C=O) groups excluding carboxylic acids is 1. The first kappa shape index (κ1) is 17.5. The van der Waals surface area contributed by atoms with Gasteiger partial charge in [0.15, 0.2) is 11.5 Å². The lowest BCUT2D eigenvalue weighted by molar-refractivity contribution is -0.111. The Morgan fingerprint density at radius 2 is 1.93 bits per heavy atom. The summed E-state index contributed by atoms with van der Waals surface area (Å²) < 4.78 is 16.2. The Bertz CT molecular complexity index is 1040. The summed E-state index contributed by atoms with van der Waals surface area (Å²) in [6.07, 6.45) is 6.41. The molecule has 0 saturated carbocycles. The number of fused-ring (bicyclic) bond motifs is 1. The molecule has 1 aromatic heterocycles. The number of anilines is 1. The van der Waals surface area contributed by atoms with Crippen LogP contribution >= 0.6 is 0 Å². The second-order valence-electron chi connectivity index (χ2n) is 6.05. The number of aryl methyl sites for hydroxylation is 1. The number of ether oxygens (including phenoxy) is 3. The summed E-state index contributed by atoms with van der Waals surface area (Å²) in [6.45, 7) is 2.11. The maximum Gasteiger partial charge on any atom is 0.321 e. The lowest BCUT2D eigenvalue weighted by Crippen LogP contribution is -2.09. The molecule has 140 valence electrons. The zero-order valence-corrected chi connectivity index (χ0v) is 15.1. The van der Waals surface area contributed by atoms with Gasteiger partial charge in [-0.05, 0) is 60.5 Å². The van der Waals surface area contributed by atoms with Crippen molar-refractivity contribution < 1.29 is 19.0 Å². The van der Waals surface area contributed by atoms with E-state index in [0.717, 1.165) is 11.1 Å². The van der Waals surface area contributed by atoms with Crippen LogP contribution in [0.2, 0.25) is 0 Å². The Labute approximate surface area is 161 Å². The van der Waals surface area contributed by atoms with Crippen LogP contribution in [0.15, 0.2) is 60.9 Å². The molecule has 0 fully saturated rings. The van der Waals surface area contributed by atoms with Crippen molar-refractivity contribution in [1.82, 2.24) is 9.97 Å². The molecule has 2 aromatic carbocycles. The average molecular weight is 375 g/mol. The van der Waals surface area contributed by atoms with E-state index in [1.54, 1.807) is 36.7 Å². The SMILES string of the molecule is Cc1cc(Oc2ncccn2)ccc1NC(=O)/C=C/c1ccc2c(c1)OCO2. The molecule has 0 radical (unpaired) electrons. The van der Waals surface area contributed by atoms with Crippen molar-refractivity contribution in [2.75, 3.05) is 12.1 Å². The lowest BCUT2D eigenvalue weighted by Gasteiger charge is -2.09. The smallest absolute Gasteiger partial charge is 0.321 e. The quantitative estimate of drug-likeness (QED) is 0.680. The third kappa shape index (κ3) is 4.09. The Morgan fingerprint density at radius 3 is 2.75 bits per heavy atom. The summed E-state index contributed by atoms with van der Waals surface area (Å²) >= 11 is 0. The molecule has 3 aromatic rings. The highest BCUT2D eigenvalue weighted by Gasteiger charge is 2.12. The van der Waals surface area contributed by atoms with Crippen LogP contribution in [0.25, 0.3) is 6.08 Å². The molecule has 0 spiro atoms. The van der Waals surface area contributed by atoms with Crippen molar-refractivity contribution in [2.45, 2.75) is 6.92 Å². The third-order valence-corrected chi connectivity index (χ3v) is 4.03. The van der Waals surface area contributed by atoms with Gasteiger partial charge in [-0.1, -0.05) is 6.07 Å². The molecule has 0 saturated heterocycles. The highest BCUT2D eigenvalue weighted by molar-refractivity contribution is 6.02. The monoisotopic (exact) mass is 375 g/mol. The average Bonchev–Trinajstić information content (AvgIpc) is 3.17. The molecule has 2 heterocycles. The Kier molecular flexibility index (Phi) is 4.88. The van der Waals surface area contributed by atoms with Crippen molar-refractivity contribution in [1.29, 1.82) is 0 Å². The van der Waals surface area contributed by atoms with Crippen molar-refractivity contribution in [3.63, 3.8) is 0 Å². The van der Waals surface area contributed by atoms with Crippen LogP contribution < -0.4 is 19.5 Å². The van der Waals surface area contributed by atoms with Crippen LogP contribution in [0, 0.1) is 6.92 Å². The first-order valence-electron chi connectivity index (χ1n) is 8.62. The van der Waals surface area contributed by atoms with E-state index in [9.17, 15) is 4.79 Å². The van der Waals surface area contributed by atoms with Crippen molar-refractivity contribution in [3.8, 4) is 23.3 Å². The van der Waals surface area contributed by atoms with Gasteiger partial charge in [0.05, 0.1) is 0 Å².